The molecule has 0 saturated heterocycles. The molecule has 0 aliphatic carbocycles. The van der Waals surface area contributed by atoms with Crippen molar-refractivity contribution in [2.24, 2.45) is 4.99 Å². The summed E-state index contributed by atoms with van der Waals surface area (Å²) in [5.41, 5.74) is 6.62. The van der Waals surface area contributed by atoms with Gasteiger partial charge in [0.1, 0.15) is 0 Å². The van der Waals surface area contributed by atoms with E-state index >= 15 is 0 Å². The topological polar surface area (TPSA) is 12.4 Å². The van der Waals surface area contributed by atoms with E-state index < -0.39 is 11.7 Å². The lowest BCUT2D eigenvalue weighted by Crippen LogP contribution is -2.07. The summed E-state index contributed by atoms with van der Waals surface area (Å²) in [5, 5.41) is 6.94. The van der Waals surface area contributed by atoms with Crippen molar-refractivity contribution in [3.63, 3.8) is 0 Å². The zero-order valence-corrected chi connectivity index (χ0v) is 26.6. The van der Waals surface area contributed by atoms with Gasteiger partial charge in [0.15, 0.2) is 0 Å². The number of hydrogen-bond donors (Lipinski definition) is 0. The monoisotopic (exact) mass is 647 g/mol. The normalized spacial score (nSPS) is 15.1. The van der Waals surface area contributed by atoms with Gasteiger partial charge in [-0.2, -0.15) is 13.2 Å². The molecule has 1 aliphatic heterocycles. The molecule has 1 nitrogen and oxygen atoms in total. The van der Waals surface area contributed by atoms with Crippen molar-refractivity contribution in [2.45, 2.75) is 24.9 Å². The van der Waals surface area contributed by atoms with Gasteiger partial charge in [0, 0.05) is 37.2 Å². The first kappa shape index (κ1) is 28.9. The Morgan fingerprint density at radius 3 is 1.90 bits per heavy atom. The number of hydrogen-bond acceptors (Lipinski definition) is 2. The van der Waals surface area contributed by atoms with Gasteiger partial charge in [-0.25, -0.2) is 0 Å². The standard InChI is InChI=1S/C43H28F3NS/c44-43(45,46)29-22-20-27(21-23-29)31-24-25-37(47-42-35-11-4-2-9-33(35)32-8-1-3-10-34(32)41(31)42)28-18-16-26(17-19-28)30-13-7-15-39-40(30)36-12-5-6-14-38(36)48-39/h1-23,31H,24-25H2. The van der Waals surface area contributed by atoms with E-state index in [9.17, 15) is 13.2 Å². The van der Waals surface area contributed by atoms with Gasteiger partial charge in [-0.1, -0.05) is 115 Å². The first-order valence-electron chi connectivity index (χ1n) is 16.1. The van der Waals surface area contributed by atoms with Crippen LogP contribution in [0.4, 0.5) is 18.9 Å². The minimum atomic E-state index is -4.38. The van der Waals surface area contributed by atoms with E-state index in [4.69, 9.17) is 4.99 Å². The summed E-state index contributed by atoms with van der Waals surface area (Å²) in [6.07, 6.45) is -2.97. The van der Waals surface area contributed by atoms with E-state index in [2.05, 4.69) is 91.0 Å². The highest BCUT2D eigenvalue weighted by molar-refractivity contribution is 7.25. The van der Waals surface area contributed by atoms with E-state index in [0.717, 1.165) is 61.6 Å². The number of nitrogens with zero attached hydrogens (tertiary/aromatic N) is 1. The molecule has 5 heteroatoms. The Labute approximate surface area is 279 Å². The molecule has 1 unspecified atom stereocenters. The number of rotatable bonds is 3. The van der Waals surface area contributed by atoms with E-state index in [1.54, 1.807) is 12.1 Å². The number of aliphatic imine (C=N–C) groups is 1. The fourth-order valence-electron chi connectivity index (χ4n) is 7.54. The zero-order valence-electron chi connectivity index (χ0n) is 25.8. The van der Waals surface area contributed by atoms with Crippen LogP contribution in [-0.4, -0.2) is 5.71 Å². The smallest absolute Gasteiger partial charge is 0.252 e. The van der Waals surface area contributed by atoms with Crippen molar-refractivity contribution in [1.82, 2.24) is 0 Å². The lowest BCUT2D eigenvalue weighted by atomic mass is 9.82. The molecule has 1 aliphatic rings. The SMILES string of the molecule is FC(F)(F)c1ccc(C2CCC(c3ccc(-c4cccc5sc6ccccc6c45)cc3)=Nc3c2c2ccccc2c2ccccc32)cc1. The summed E-state index contributed by atoms with van der Waals surface area (Å²) in [7, 11) is 0. The van der Waals surface area contributed by atoms with Crippen LogP contribution in [0.2, 0.25) is 0 Å². The quantitative estimate of drug-likeness (QED) is 0.169. The van der Waals surface area contributed by atoms with Gasteiger partial charge in [-0.05, 0) is 81.1 Å². The predicted molar refractivity (Wildman–Crippen MR) is 195 cm³/mol. The number of thiophene rings is 1. The fraction of sp³-hybridized carbons (Fsp3) is 0.0930. The lowest BCUT2D eigenvalue weighted by molar-refractivity contribution is -0.137. The predicted octanol–water partition coefficient (Wildman–Crippen LogP) is 13.1. The third kappa shape index (κ3) is 4.72. The summed E-state index contributed by atoms with van der Waals surface area (Å²) < 4.78 is 43.2. The molecule has 0 N–H and O–H groups in total. The van der Waals surface area contributed by atoms with Gasteiger partial charge >= 0.3 is 6.18 Å². The molecule has 0 bridgehead atoms. The van der Waals surface area contributed by atoms with Crippen LogP contribution in [0.1, 0.15) is 41.0 Å². The van der Waals surface area contributed by atoms with Crippen LogP contribution >= 0.6 is 11.3 Å². The van der Waals surface area contributed by atoms with Gasteiger partial charge < -0.3 is 0 Å². The molecular weight excluding hydrogens is 620 g/mol. The third-order valence-corrected chi connectivity index (χ3v) is 10.9. The second kappa shape index (κ2) is 11.2. The Balaban J connectivity index is 1.20. The van der Waals surface area contributed by atoms with Crippen LogP contribution in [0.15, 0.2) is 145 Å². The second-order valence-electron chi connectivity index (χ2n) is 12.5. The summed E-state index contributed by atoms with van der Waals surface area (Å²) in [6.45, 7) is 0. The molecule has 0 radical (unpaired) electrons. The minimum absolute atomic E-state index is 0.123. The van der Waals surface area contributed by atoms with Crippen molar-refractivity contribution < 1.29 is 13.2 Å². The summed E-state index contributed by atoms with van der Waals surface area (Å²) >= 11 is 1.82. The largest absolute Gasteiger partial charge is 0.416 e. The Kier molecular flexibility index (Phi) is 6.73. The Hall–Kier alpha value is -5.26. The molecule has 0 fully saturated rings. The molecular formula is C43H28F3NS. The molecule has 1 atom stereocenters. The summed E-state index contributed by atoms with van der Waals surface area (Å²) in [5.74, 6) is -0.123. The van der Waals surface area contributed by atoms with Crippen LogP contribution in [0.3, 0.4) is 0 Å². The van der Waals surface area contributed by atoms with Crippen LogP contribution in [-0.2, 0) is 6.18 Å². The minimum Gasteiger partial charge on any atom is -0.252 e. The Morgan fingerprint density at radius 2 is 1.17 bits per heavy atom. The van der Waals surface area contributed by atoms with Crippen LogP contribution in [0, 0.1) is 0 Å². The third-order valence-electron chi connectivity index (χ3n) is 9.78. The maximum Gasteiger partial charge on any atom is 0.416 e. The Morgan fingerprint density at radius 1 is 0.562 bits per heavy atom. The number of benzene rings is 7. The maximum absolute atomic E-state index is 13.5. The van der Waals surface area contributed by atoms with Crippen LogP contribution < -0.4 is 0 Å². The summed E-state index contributed by atoms with van der Waals surface area (Å²) in [6, 6.07) is 46.2. The molecule has 232 valence electrons. The van der Waals surface area contributed by atoms with Gasteiger partial charge in [0.25, 0.3) is 0 Å². The average molecular weight is 648 g/mol. The average Bonchev–Trinajstić information content (AvgIpc) is 3.38. The number of halogens is 3. The molecule has 1 aromatic heterocycles. The van der Waals surface area contributed by atoms with Gasteiger partial charge in [0.2, 0.25) is 0 Å². The maximum atomic E-state index is 13.5. The van der Waals surface area contributed by atoms with Gasteiger partial charge in [-0.3, -0.25) is 4.99 Å². The van der Waals surface area contributed by atoms with Crippen molar-refractivity contribution in [3.8, 4) is 11.1 Å². The zero-order chi connectivity index (χ0) is 32.4. The van der Waals surface area contributed by atoms with Crippen LogP contribution in [0.25, 0.3) is 52.8 Å². The highest BCUT2D eigenvalue weighted by Gasteiger charge is 2.32. The van der Waals surface area contributed by atoms with E-state index in [1.165, 1.54) is 37.9 Å². The molecule has 48 heavy (non-hydrogen) atoms. The van der Waals surface area contributed by atoms with Crippen molar-refractivity contribution in [3.05, 3.63) is 162 Å². The fourth-order valence-corrected chi connectivity index (χ4v) is 8.68. The molecule has 0 spiro atoms. The molecule has 0 amide bonds. The number of alkyl halides is 3. The van der Waals surface area contributed by atoms with E-state index in [0.29, 0.717) is 6.42 Å². The first-order chi connectivity index (χ1) is 23.4. The number of fused-ring (bicyclic) bond motifs is 9. The first-order valence-corrected chi connectivity index (χ1v) is 16.9. The molecule has 2 heterocycles. The summed E-state index contributed by atoms with van der Waals surface area (Å²) in [4.78, 5) is 5.44. The molecule has 9 rings (SSSR count). The van der Waals surface area contributed by atoms with Gasteiger partial charge in [-0.15, -0.1) is 11.3 Å². The van der Waals surface area contributed by atoms with E-state index in [-0.39, 0.29) is 5.92 Å². The van der Waals surface area contributed by atoms with Crippen molar-refractivity contribution in [1.29, 1.82) is 0 Å². The molecule has 7 aromatic carbocycles. The van der Waals surface area contributed by atoms with Gasteiger partial charge in [0.05, 0.1) is 11.3 Å². The highest BCUT2D eigenvalue weighted by Crippen LogP contribution is 2.48. The molecule has 0 saturated carbocycles. The van der Waals surface area contributed by atoms with Crippen molar-refractivity contribution >= 4 is 64.5 Å². The highest BCUT2D eigenvalue weighted by atomic mass is 32.1. The van der Waals surface area contributed by atoms with E-state index in [1.807, 2.05) is 35.6 Å². The lowest BCUT2D eigenvalue weighted by Gasteiger charge is -2.22. The molecule has 8 aromatic rings. The Bertz CT molecular complexity index is 2540. The van der Waals surface area contributed by atoms with Crippen molar-refractivity contribution in [2.75, 3.05) is 0 Å². The van der Waals surface area contributed by atoms with Crippen LogP contribution in [0.5, 0.6) is 0 Å². The second-order valence-corrected chi connectivity index (χ2v) is 13.6.